The Balaban J connectivity index is 2.52. The minimum absolute atomic E-state index is 0.181. The van der Waals surface area contributed by atoms with Crippen molar-refractivity contribution in [1.82, 2.24) is 5.32 Å². The van der Waals surface area contributed by atoms with Crippen LogP contribution in [-0.2, 0) is 4.79 Å². The first-order chi connectivity index (χ1) is 8.00. The molecule has 0 unspecified atom stereocenters. The SMILES string of the molecule is Cc1ccc(N)cc1C(=O)NCCCC(N)=O. The fourth-order valence-corrected chi connectivity index (χ4v) is 1.44. The fraction of sp³-hybridized carbons (Fsp3) is 0.333. The van der Waals surface area contributed by atoms with Gasteiger partial charge in [0.1, 0.15) is 0 Å². The third-order valence-corrected chi connectivity index (χ3v) is 2.39. The molecule has 0 radical (unpaired) electrons. The van der Waals surface area contributed by atoms with Crippen molar-refractivity contribution in [1.29, 1.82) is 0 Å². The molecule has 0 aromatic heterocycles. The maximum absolute atomic E-state index is 11.8. The fourth-order valence-electron chi connectivity index (χ4n) is 1.44. The molecule has 1 aromatic carbocycles. The molecule has 17 heavy (non-hydrogen) atoms. The van der Waals surface area contributed by atoms with Gasteiger partial charge in [0.05, 0.1) is 0 Å². The number of primary amides is 1. The molecule has 5 N–H and O–H groups in total. The minimum atomic E-state index is -0.362. The average Bonchev–Trinajstić information content (AvgIpc) is 2.27. The van der Waals surface area contributed by atoms with E-state index in [-0.39, 0.29) is 18.2 Å². The Bertz CT molecular complexity index is 430. The van der Waals surface area contributed by atoms with Gasteiger partial charge >= 0.3 is 0 Å². The van der Waals surface area contributed by atoms with Crippen LogP contribution >= 0.6 is 0 Å². The predicted molar refractivity (Wildman–Crippen MR) is 66.4 cm³/mol. The number of carbonyl (C=O) groups is 2. The van der Waals surface area contributed by atoms with Crippen LogP contribution in [0.3, 0.4) is 0 Å². The van der Waals surface area contributed by atoms with Crippen molar-refractivity contribution in [2.45, 2.75) is 19.8 Å². The molecule has 0 heterocycles. The van der Waals surface area contributed by atoms with E-state index in [1.807, 2.05) is 6.92 Å². The summed E-state index contributed by atoms with van der Waals surface area (Å²) >= 11 is 0. The van der Waals surface area contributed by atoms with E-state index in [1.165, 1.54) is 0 Å². The summed E-state index contributed by atoms with van der Waals surface area (Å²) in [5, 5.41) is 2.72. The van der Waals surface area contributed by atoms with E-state index >= 15 is 0 Å². The summed E-state index contributed by atoms with van der Waals surface area (Å²) < 4.78 is 0. The lowest BCUT2D eigenvalue weighted by molar-refractivity contribution is -0.118. The topological polar surface area (TPSA) is 98.2 Å². The number of rotatable bonds is 5. The molecule has 0 aliphatic heterocycles. The molecule has 0 aliphatic carbocycles. The van der Waals surface area contributed by atoms with E-state index in [4.69, 9.17) is 11.5 Å². The summed E-state index contributed by atoms with van der Waals surface area (Å²) in [6.45, 7) is 2.27. The zero-order valence-corrected chi connectivity index (χ0v) is 9.82. The van der Waals surface area contributed by atoms with Gasteiger partial charge in [-0.2, -0.15) is 0 Å². The van der Waals surface area contributed by atoms with Gasteiger partial charge in [-0.05, 0) is 31.0 Å². The predicted octanol–water partition coefficient (Wildman–Crippen LogP) is 0.573. The third-order valence-electron chi connectivity index (χ3n) is 2.39. The van der Waals surface area contributed by atoms with Gasteiger partial charge in [0.25, 0.3) is 5.91 Å². The van der Waals surface area contributed by atoms with Crippen LogP contribution in [0.1, 0.15) is 28.8 Å². The molecule has 5 heteroatoms. The first-order valence-electron chi connectivity index (χ1n) is 5.43. The third kappa shape index (κ3) is 4.14. The summed E-state index contributed by atoms with van der Waals surface area (Å²) in [6, 6.07) is 5.19. The molecule has 0 spiro atoms. The Kier molecular flexibility index (Phi) is 4.51. The molecule has 1 aromatic rings. The summed E-state index contributed by atoms with van der Waals surface area (Å²) in [5.74, 6) is -0.543. The molecule has 0 atom stereocenters. The van der Waals surface area contributed by atoms with Gasteiger partial charge in [0.2, 0.25) is 5.91 Å². The maximum atomic E-state index is 11.8. The molecular weight excluding hydrogens is 218 g/mol. The summed E-state index contributed by atoms with van der Waals surface area (Å²) in [7, 11) is 0. The molecule has 0 saturated heterocycles. The lowest BCUT2D eigenvalue weighted by Crippen LogP contribution is -2.26. The van der Waals surface area contributed by atoms with Crippen molar-refractivity contribution in [3.05, 3.63) is 29.3 Å². The van der Waals surface area contributed by atoms with Gasteiger partial charge in [-0.1, -0.05) is 6.07 Å². The number of carbonyl (C=O) groups excluding carboxylic acids is 2. The second-order valence-corrected chi connectivity index (χ2v) is 3.90. The van der Waals surface area contributed by atoms with Gasteiger partial charge in [-0.3, -0.25) is 9.59 Å². The number of hydrogen-bond acceptors (Lipinski definition) is 3. The smallest absolute Gasteiger partial charge is 0.251 e. The average molecular weight is 235 g/mol. The highest BCUT2D eigenvalue weighted by Gasteiger charge is 2.08. The van der Waals surface area contributed by atoms with E-state index in [2.05, 4.69) is 5.32 Å². The maximum Gasteiger partial charge on any atom is 0.251 e. The van der Waals surface area contributed by atoms with E-state index in [9.17, 15) is 9.59 Å². The second kappa shape index (κ2) is 5.89. The Morgan fingerprint density at radius 2 is 2.06 bits per heavy atom. The Labute approximate surface area is 100 Å². The summed E-state index contributed by atoms with van der Waals surface area (Å²) in [6.07, 6.45) is 0.818. The van der Waals surface area contributed by atoms with Gasteiger partial charge < -0.3 is 16.8 Å². The van der Waals surface area contributed by atoms with Crippen LogP contribution in [0.4, 0.5) is 5.69 Å². The quantitative estimate of drug-likeness (QED) is 0.514. The molecule has 0 bridgehead atoms. The first-order valence-corrected chi connectivity index (χ1v) is 5.43. The van der Waals surface area contributed by atoms with Gasteiger partial charge in [0.15, 0.2) is 0 Å². The summed E-state index contributed by atoms with van der Waals surface area (Å²) in [4.78, 5) is 22.3. The van der Waals surface area contributed by atoms with Crippen LogP contribution in [0, 0.1) is 6.92 Å². The Morgan fingerprint density at radius 3 is 2.71 bits per heavy atom. The Hall–Kier alpha value is -2.04. The Morgan fingerprint density at radius 1 is 1.35 bits per heavy atom. The van der Waals surface area contributed by atoms with Gasteiger partial charge in [-0.15, -0.1) is 0 Å². The number of nitrogens with one attached hydrogen (secondary N) is 1. The van der Waals surface area contributed by atoms with Crippen molar-refractivity contribution in [2.24, 2.45) is 5.73 Å². The molecule has 0 saturated carbocycles. The van der Waals surface area contributed by atoms with E-state index in [0.29, 0.717) is 24.2 Å². The van der Waals surface area contributed by atoms with Gasteiger partial charge in [-0.25, -0.2) is 0 Å². The lowest BCUT2D eigenvalue weighted by atomic mass is 10.1. The standard InChI is InChI=1S/C12H17N3O2/c1-8-4-5-9(13)7-10(8)12(17)15-6-2-3-11(14)16/h4-5,7H,2-3,6,13H2,1H3,(H2,14,16)(H,15,17). The van der Waals surface area contributed by atoms with Crippen molar-refractivity contribution in [2.75, 3.05) is 12.3 Å². The number of amides is 2. The van der Waals surface area contributed by atoms with E-state index < -0.39 is 0 Å². The van der Waals surface area contributed by atoms with E-state index in [1.54, 1.807) is 18.2 Å². The largest absolute Gasteiger partial charge is 0.399 e. The number of anilines is 1. The zero-order chi connectivity index (χ0) is 12.8. The van der Waals surface area contributed by atoms with Crippen LogP contribution < -0.4 is 16.8 Å². The second-order valence-electron chi connectivity index (χ2n) is 3.90. The number of nitrogen functional groups attached to an aromatic ring is 1. The van der Waals surface area contributed by atoms with Crippen molar-refractivity contribution in [3.63, 3.8) is 0 Å². The highest BCUT2D eigenvalue weighted by molar-refractivity contribution is 5.96. The molecule has 0 aliphatic rings. The number of aryl methyl sites for hydroxylation is 1. The number of benzene rings is 1. The number of nitrogens with two attached hydrogens (primary N) is 2. The monoisotopic (exact) mass is 235 g/mol. The van der Waals surface area contributed by atoms with Crippen LogP contribution in [0.15, 0.2) is 18.2 Å². The van der Waals surface area contributed by atoms with Gasteiger partial charge in [0, 0.05) is 24.2 Å². The van der Waals surface area contributed by atoms with Crippen molar-refractivity contribution in [3.8, 4) is 0 Å². The van der Waals surface area contributed by atoms with Crippen LogP contribution in [0.5, 0.6) is 0 Å². The van der Waals surface area contributed by atoms with Crippen LogP contribution in [0.2, 0.25) is 0 Å². The minimum Gasteiger partial charge on any atom is -0.399 e. The molecule has 1 rings (SSSR count). The molecule has 0 fully saturated rings. The molecule has 5 nitrogen and oxygen atoms in total. The number of hydrogen-bond donors (Lipinski definition) is 3. The van der Waals surface area contributed by atoms with Crippen molar-refractivity contribution < 1.29 is 9.59 Å². The molecular formula is C12H17N3O2. The normalized spacial score (nSPS) is 9.94. The molecule has 92 valence electrons. The van der Waals surface area contributed by atoms with Crippen LogP contribution in [-0.4, -0.2) is 18.4 Å². The first kappa shape index (κ1) is 13.0. The lowest BCUT2D eigenvalue weighted by Gasteiger charge is -2.07. The van der Waals surface area contributed by atoms with E-state index in [0.717, 1.165) is 5.56 Å². The zero-order valence-electron chi connectivity index (χ0n) is 9.82. The van der Waals surface area contributed by atoms with Crippen molar-refractivity contribution >= 4 is 17.5 Å². The highest BCUT2D eigenvalue weighted by atomic mass is 16.2. The van der Waals surface area contributed by atoms with Crippen LogP contribution in [0.25, 0.3) is 0 Å². The highest BCUT2D eigenvalue weighted by Crippen LogP contribution is 2.12. The summed E-state index contributed by atoms with van der Waals surface area (Å²) in [5.41, 5.74) is 12.6. The molecule has 2 amide bonds.